The van der Waals surface area contributed by atoms with E-state index in [9.17, 15) is 0 Å². The Balaban J connectivity index is 2.46. The summed E-state index contributed by atoms with van der Waals surface area (Å²) < 4.78 is 0. The first-order valence-corrected chi connectivity index (χ1v) is 11.4. The summed E-state index contributed by atoms with van der Waals surface area (Å²) >= 11 is 6.36. The fraction of sp³-hybridized carbons (Fsp3) is 1.00. The van der Waals surface area contributed by atoms with Crippen LogP contribution in [0.3, 0.4) is 0 Å². The van der Waals surface area contributed by atoms with Gasteiger partial charge < -0.3 is 0 Å². The molecule has 0 spiro atoms. The van der Waals surface area contributed by atoms with Crippen LogP contribution in [0.2, 0.25) is 43.8 Å². The van der Waals surface area contributed by atoms with Crippen LogP contribution in [0.25, 0.3) is 0 Å². The van der Waals surface area contributed by atoms with Gasteiger partial charge in [-0.1, -0.05) is 31.7 Å². The first-order valence-electron chi connectivity index (χ1n) is 4.10. The third-order valence-electron chi connectivity index (χ3n) is 2.65. The van der Waals surface area contributed by atoms with Gasteiger partial charge in [-0.25, -0.2) is 0 Å². The molecule has 0 atom stereocenters. The highest BCUT2D eigenvalue weighted by Gasteiger charge is 2.35. The zero-order chi connectivity index (χ0) is 7.83. The van der Waals surface area contributed by atoms with E-state index in [1.165, 1.54) is 24.2 Å². The fourth-order valence-electron chi connectivity index (χ4n) is 1.45. The summed E-state index contributed by atoms with van der Waals surface area (Å²) in [7, 11) is -1.90. The monoisotopic (exact) mass is 192 g/mol. The Hall–Kier alpha value is 0.724. The molecule has 0 aromatic heterocycles. The van der Waals surface area contributed by atoms with Crippen molar-refractivity contribution >= 4 is 26.5 Å². The van der Waals surface area contributed by atoms with Crippen LogP contribution in [-0.2, 0) is 0 Å². The van der Waals surface area contributed by atoms with Crippen molar-refractivity contribution in [1.29, 1.82) is 0 Å². The maximum atomic E-state index is 6.36. The molecule has 1 aliphatic heterocycles. The van der Waals surface area contributed by atoms with E-state index in [0.717, 1.165) is 0 Å². The van der Waals surface area contributed by atoms with E-state index < -0.39 is 15.5 Å². The largest absolute Gasteiger partial charge is 0.167 e. The van der Waals surface area contributed by atoms with Crippen LogP contribution in [0.4, 0.5) is 0 Å². The molecule has 0 amide bonds. The zero-order valence-corrected chi connectivity index (χ0v) is 9.96. The SMILES string of the molecule is C[Si]1(C)CC[Si](C)(Cl)CC1. The quantitative estimate of drug-likeness (QED) is 0.407. The first kappa shape index (κ1) is 8.82. The van der Waals surface area contributed by atoms with Gasteiger partial charge in [-0.2, -0.15) is 11.1 Å². The van der Waals surface area contributed by atoms with Gasteiger partial charge in [0.1, 0.15) is 0 Å². The second-order valence-corrected chi connectivity index (χ2v) is 16.5. The minimum absolute atomic E-state index is 0.729. The molecule has 1 saturated heterocycles. The van der Waals surface area contributed by atoms with Crippen molar-refractivity contribution < 1.29 is 0 Å². The fourth-order valence-corrected chi connectivity index (χ4v) is 13.2. The van der Waals surface area contributed by atoms with Gasteiger partial charge >= 0.3 is 0 Å². The lowest BCUT2D eigenvalue weighted by Gasteiger charge is -2.34. The smallest absolute Gasteiger partial charge is 0.152 e. The van der Waals surface area contributed by atoms with Crippen molar-refractivity contribution in [2.45, 2.75) is 43.8 Å². The van der Waals surface area contributed by atoms with Gasteiger partial charge in [-0.05, 0) is 12.1 Å². The minimum Gasteiger partial charge on any atom is -0.167 e. The number of rotatable bonds is 0. The molecule has 10 heavy (non-hydrogen) atoms. The molecule has 0 nitrogen and oxygen atoms in total. The van der Waals surface area contributed by atoms with Gasteiger partial charge in [-0.3, -0.25) is 0 Å². The average Bonchev–Trinajstić information content (AvgIpc) is 1.79. The molecule has 1 heterocycles. The van der Waals surface area contributed by atoms with Crippen molar-refractivity contribution in [2.24, 2.45) is 0 Å². The normalized spacial score (nSPS) is 30.0. The highest BCUT2D eigenvalue weighted by molar-refractivity contribution is 7.20. The van der Waals surface area contributed by atoms with Gasteiger partial charge in [0.05, 0.1) is 0 Å². The van der Waals surface area contributed by atoms with Crippen LogP contribution in [0, 0.1) is 0 Å². The molecule has 3 heteroatoms. The average molecular weight is 193 g/mol. The molecule has 0 aromatic carbocycles. The van der Waals surface area contributed by atoms with Gasteiger partial charge in [0.25, 0.3) is 0 Å². The summed E-state index contributed by atoms with van der Waals surface area (Å²) in [6.07, 6.45) is 0. The highest BCUT2D eigenvalue weighted by atomic mass is 35.6. The molecule has 1 aliphatic rings. The number of hydrogen-bond acceptors (Lipinski definition) is 0. The molecule has 0 N–H and O–H groups in total. The van der Waals surface area contributed by atoms with E-state index in [1.807, 2.05) is 0 Å². The molecular weight excluding hydrogens is 176 g/mol. The van der Waals surface area contributed by atoms with Gasteiger partial charge in [0, 0.05) is 8.07 Å². The van der Waals surface area contributed by atoms with E-state index >= 15 is 0 Å². The maximum Gasteiger partial charge on any atom is 0.152 e. The topological polar surface area (TPSA) is 0 Å². The van der Waals surface area contributed by atoms with Crippen LogP contribution in [-0.4, -0.2) is 15.5 Å². The van der Waals surface area contributed by atoms with Crippen LogP contribution in [0.15, 0.2) is 0 Å². The Bertz CT molecular complexity index is 104. The van der Waals surface area contributed by atoms with Crippen molar-refractivity contribution in [3.63, 3.8) is 0 Å². The summed E-state index contributed by atoms with van der Waals surface area (Å²) in [6.45, 7) is 7.30. The van der Waals surface area contributed by atoms with Gasteiger partial charge in [0.2, 0.25) is 0 Å². The van der Waals surface area contributed by atoms with Crippen LogP contribution in [0.1, 0.15) is 0 Å². The summed E-state index contributed by atoms with van der Waals surface area (Å²) in [5.41, 5.74) is 0. The third-order valence-corrected chi connectivity index (χ3v) is 10.6. The third kappa shape index (κ3) is 2.40. The van der Waals surface area contributed by atoms with E-state index in [-0.39, 0.29) is 0 Å². The molecule has 0 saturated carbocycles. The minimum atomic E-state index is -1.17. The lowest BCUT2D eigenvalue weighted by atomic mass is 10.9. The Morgan fingerprint density at radius 1 is 0.900 bits per heavy atom. The molecule has 0 aromatic rings. The van der Waals surface area contributed by atoms with Gasteiger partial charge in [-0.15, -0.1) is 0 Å². The molecule has 1 fully saturated rings. The summed E-state index contributed by atoms with van der Waals surface area (Å²) in [5.74, 6) is 0. The van der Waals surface area contributed by atoms with Crippen LogP contribution in [0.5, 0.6) is 0 Å². The lowest BCUT2D eigenvalue weighted by molar-refractivity contribution is 1.13. The van der Waals surface area contributed by atoms with Crippen molar-refractivity contribution in [2.75, 3.05) is 0 Å². The predicted octanol–water partition coefficient (Wildman–Crippen LogP) is 3.52. The van der Waals surface area contributed by atoms with E-state index in [0.29, 0.717) is 0 Å². The zero-order valence-electron chi connectivity index (χ0n) is 7.21. The van der Waals surface area contributed by atoms with Crippen LogP contribution < -0.4 is 0 Å². The van der Waals surface area contributed by atoms with E-state index in [2.05, 4.69) is 19.6 Å². The molecule has 0 bridgehead atoms. The lowest BCUT2D eigenvalue weighted by Crippen LogP contribution is -2.38. The predicted molar refractivity (Wildman–Crippen MR) is 54.2 cm³/mol. The first-order chi connectivity index (χ1) is 4.41. The second-order valence-electron chi connectivity index (χ2n) is 4.58. The molecule has 60 valence electrons. The van der Waals surface area contributed by atoms with Gasteiger partial charge in [0.15, 0.2) is 7.38 Å². The van der Waals surface area contributed by atoms with E-state index in [4.69, 9.17) is 11.1 Å². The Kier molecular flexibility index (Phi) is 2.33. The molecular formula is C7H17ClSi2. The molecule has 1 rings (SSSR count). The van der Waals surface area contributed by atoms with E-state index in [1.54, 1.807) is 0 Å². The van der Waals surface area contributed by atoms with Crippen LogP contribution >= 0.6 is 11.1 Å². The van der Waals surface area contributed by atoms with Crippen molar-refractivity contribution in [1.82, 2.24) is 0 Å². The Morgan fingerprint density at radius 2 is 1.30 bits per heavy atom. The molecule has 0 radical (unpaired) electrons. The summed E-state index contributed by atoms with van der Waals surface area (Å²) in [4.78, 5) is 0. The van der Waals surface area contributed by atoms with Crippen molar-refractivity contribution in [3.8, 4) is 0 Å². The Morgan fingerprint density at radius 3 is 1.60 bits per heavy atom. The Labute approximate surface area is 70.7 Å². The number of halogens is 1. The van der Waals surface area contributed by atoms with Crippen molar-refractivity contribution in [3.05, 3.63) is 0 Å². The summed E-state index contributed by atoms with van der Waals surface area (Å²) in [5, 5.41) is 0. The highest BCUT2D eigenvalue weighted by Crippen LogP contribution is 2.37. The second kappa shape index (κ2) is 2.65. The maximum absolute atomic E-state index is 6.36. The molecule has 0 unspecified atom stereocenters. The standard InChI is InChI=1S/C7H17ClSi2/c1-9(2)4-6-10(3,8)7-5-9/h4-7H2,1-3H3. The summed E-state index contributed by atoms with van der Waals surface area (Å²) in [6, 6.07) is 5.74. The molecule has 0 aliphatic carbocycles. The number of hydrogen-bond donors (Lipinski definition) is 0.